The zero-order valence-electron chi connectivity index (χ0n) is 12.5. The number of halogens is 1. The van der Waals surface area contributed by atoms with Gasteiger partial charge in [0.15, 0.2) is 0 Å². The molecule has 20 heavy (non-hydrogen) atoms. The van der Waals surface area contributed by atoms with E-state index in [1.165, 1.54) is 4.31 Å². The first kappa shape index (κ1) is 17.4. The molecule has 1 N–H and O–H groups in total. The Balaban J connectivity index is 3.06. The van der Waals surface area contributed by atoms with Crippen molar-refractivity contribution in [2.45, 2.75) is 31.7 Å². The first-order valence-electron chi connectivity index (χ1n) is 6.72. The maximum Gasteiger partial charge on any atom is 0.242 e. The predicted octanol–water partition coefficient (Wildman–Crippen LogP) is 2.73. The van der Waals surface area contributed by atoms with Crippen LogP contribution in [0.5, 0.6) is 0 Å². The van der Waals surface area contributed by atoms with E-state index in [0.29, 0.717) is 24.0 Å². The van der Waals surface area contributed by atoms with Gasteiger partial charge < -0.3 is 5.32 Å². The van der Waals surface area contributed by atoms with Crippen LogP contribution in [0.4, 0.5) is 0 Å². The lowest BCUT2D eigenvalue weighted by Gasteiger charge is -2.21. The zero-order chi connectivity index (χ0) is 15.3. The highest BCUT2D eigenvalue weighted by Crippen LogP contribution is 2.23. The molecule has 1 atom stereocenters. The molecule has 0 aliphatic rings. The van der Waals surface area contributed by atoms with E-state index in [4.69, 9.17) is 11.6 Å². The summed E-state index contributed by atoms with van der Waals surface area (Å²) >= 11 is 6.06. The molecule has 1 aromatic rings. The van der Waals surface area contributed by atoms with Crippen LogP contribution in [0.2, 0.25) is 5.02 Å². The minimum atomic E-state index is -3.45. The Hall–Kier alpha value is -0.620. The van der Waals surface area contributed by atoms with E-state index < -0.39 is 10.0 Å². The summed E-state index contributed by atoms with van der Waals surface area (Å²) in [7, 11) is -0.0377. The SMILES string of the molecule is CCC(C)CN(C)S(=O)(=O)c1ccc(Cl)c(CNC)c1. The van der Waals surface area contributed by atoms with Gasteiger partial charge >= 0.3 is 0 Å². The van der Waals surface area contributed by atoms with Crippen LogP contribution in [0, 0.1) is 5.92 Å². The van der Waals surface area contributed by atoms with E-state index in [9.17, 15) is 8.42 Å². The van der Waals surface area contributed by atoms with Crippen molar-refractivity contribution in [1.82, 2.24) is 9.62 Å². The molecule has 4 nitrogen and oxygen atoms in total. The Bertz CT molecular complexity index is 546. The second-order valence-corrected chi connectivity index (χ2v) is 7.53. The van der Waals surface area contributed by atoms with E-state index >= 15 is 0 Å². The molecule has 0 spiro atoms. The van der Waals surface area contributed by atoms with Crippen molar-refractivity contribution in [2.75, 3.05) is 20.6 Å². The van der Waals surface area contributed by atoms with Crippen LogP contribution < -0.4 is 5.32 Å². The van der Waals surface area contributed by atoms with E-state index in [0.717, 1.165) is 12.0 Å². The molecule has 0 saturated heterocycles. The zero-order valence-corrected chi connectivity index (χ0v) is 14.1. The van der Waals surface area contributed by atoms with Gasteiger partial charge in [0.25, 0.3) is 0 Å². The molecule has 0 saturated carbocycles. The van der Waals surface area contributed by atoms with Crippen molar-refractivity contribution in [1.29, 1.82) is 0 Å². The highest BCUT2D eigenvalue weighted by atomic mass is 35.5. The molecule has 1 rings (SSSR count). The summed E-state index contributed by atoms with van der Waals surface area (Å²) in [6.07, 6.45) is 0.950. The van der Waals surface area contributed by atoms with Crippen LogP contribution in [0.15, 0.2) is 23.1 Å². The Morgan fingerprint density at radius 3 is 2.60 bits per heavy atom. The molecule has 0 amide bonds. The minimum absolute atomic E-state index is 0.290. The average molecular weight is 319 g/mol. The second-order valence-electron chi connectivity index (χ2n) is 5.08. The van der Waals surface area contributed by atoms with E-state index in [1.807, 2.05) is 6.92 Å². The summed E-state index contributed by atoms with van der Waals surface area (Å²) in [4.78, 5) is 0.290. The van der Waals surface area contributed by atoms with Gasteiger partial charge in [0.1, 0.15) is 0 Å². The van der Waals surface area contributed by atoms with Crippen molar-refractivity contribution in [2.24, 2.45) is 5.92 Å². The molecule has 0 aliphatic heterocycles. The molecule has 0 radical (unpaired) electrons. The molecule has 0 fully saturated rings. The fourth-order valence-corrected chi connectivity index (χ4v) is 3.41. The monoisotopic (exact) mass is 318 g/mol. The van der Waals surface area contributed by atoms with Gasteiger partial charge in [0, 0.05) is 25.2 Å². The van der Waals surface area contributed by atoms with Gasteiger partial charge in [-0.3, -0.25) is 0 Å². The largest absolute Gasteiger partial charge is 0.316 e. The van der Waals surface area contributed by atoms with Crippen molar-refractivity contribution < 1.29 is 8.42 Å². The summed E-state index contributed by atoms with van der Waals surface area (Å²) in [5, 5.41) is 3.55. The molecule has 0 heterocycles. The maximum absolute atomic E-state index is 12.5. The lowest BCUT2D eigenvalue weighted by molar-refractivity contribution is 0.393. The summed E-state index contributed by atoms with van der Waals surface area (Å²) in [5.41, 5.74) is 0.784. The molecule has 0 aromatic heterocycles. The summed E-state index contributed by atoms with van der Waals surface area (Å²) < 4.78 is 26.4. The van der Waals surface area contributed by atoms with Crippen LogP contribution in [0.1, 0.15) is 25.8 Å². The van der Waals surface area contributed by atoms with Gasteiger partial charge in [-0.15, -0.1) is 0 Å². The lowest BCUT2D eigenvalue weighted by atomic mass is 10.1. The summed E-state index contributed by atoms with van der Waals surface area (Å²) in [5.74, 6) is 0.332. The third-order valence-corrected chi connectivity index (χ3v) is 5.55. The molecule has 6 heteroatoms. The van der Waals surface area contributed by atoms with Crippen LogP contribution >= 0.6 is 11.6 Å². The van der Waals surface area contributed by atoms with Crippen molar-refractivity contribution >= 4 is 21.6 Å². The van der Waals surface area contributed by atoms with Crippen molar-refractivity contribution in [3.8, 4) is 0 Å². The molecule has 1 aromatic carbocycles. The quantitative estimate of drug-likeness (QED) is 0.841. The van der Waals surface area contributed by atoms with E-state index in [2.05, 4.69) is 12.2 Å². The standard InChI is InChI=1S/C14H23ClN2O2S/c1-5-11(2)10-17(4)20(18,19)13-6-7-14(15)12(8-13)9-16-3/h6-8,11,16H,5,9-10H2,1-4H3. The third-order valence-electron chi connectivity index (χ3n) is 3.36. The third kappa shape index (κ3) is 4.19. The number of rotatable bonds is 7. The summed E-state index contributed by atoms with van der Waals surface area (Å²) in [6.45, 7) is 5.15. The topological polar surface area (TPSA) is 49.4 Å². The van der Waals surface area contributed by atoms with Crippen LogP contribution in [-0.4, -0.2) is 33.4 Å². The fourth-order valence-electron chi connectivity index (χ4n) is 1.88. The molecule has 114 valence electrons. The lowest BCUT2D eigenvalue weighted by Crippen LogP contribution is -2.31. The van der Waals surface area contributed by atoms with Crippen molar-refractivity contribution in [3.63, 3.8) is 0 Å². The molecule has 0 aliphatic carbocycles. The van der Waals surface area contributed by atoms with Crippen LogP contribution in [-0.2, 0) is 16.6 Å². The second kappa shape index (κ2) is 7.41. The minimum Gasteiger partial charge on any atom is -0.316 e. The number of nitrogens with one attached hydrogen (secondary N) is 1. The molecule has 1 unspecified atom stereocenters. The Morgan fingerprint density at radius 1 is 1.40 bits per heavy atom. The Morgan fingerprint density at radius 2 is 2.05 bits per heavy atom. The van der Waals surface area contributed by atoms with Gasteiger partial charge in [-0.05, 0) is 36.7 Å². The van der Waals surface area contributed by atoms with Crippen LogP contribution in [0.25, 0.3) is 0 Å². The van der Waals surface area contributed by atoms with Gasteiger partial charge in [-0.25, -0.2) is 12.7 Å². The Labute approximate surface area is 127 Å². The predicted molar refractivity (Wildman–Crippen MR) is 83.5 cm³/mol. The Kier molecular flexibility index (Phi) is 6.45. The van der Waals surface area contributed by atoms with Crippen molar-refractivity contribution in [3.05, 3.63) is 28.8 Å². The molecular formula is C14H23ClN2O2S. The first-order chi connectivity index (χ1) is 9.32. The number of sulfonamides is 1. The fraction of sp³-hybridized carbons (Fsp3) is 0.571. The number of hydrogen-bond acceptors (Lipinski definition) is 3. The van der Waals surface area contributed by atoms with Gasteiger partial charge in [-0.2, -0.15) is 0 Å². The van der Waals surface area contributed by atoms with Gasteiger partial charge in [0.05, 0.1) is 4.90 Å². The molecule has 0 bridgehead atoms. The number of hydrogen-bond donors (Lipinski definition) is 1. The van der Waals surface area contributed by atoms with Gasteiger partial charge in [-0.1, -0.05) is 31.9 Å². The summed E-state index contributed by atoms with van der Waals surface area (Å²) in [6, 6.07) is 4.84. The normalized spacial score (nSPS) is 13.7. The molecular weight excluding hydrogens is 296 g/mol. The van der Waals surface area contributed by atoms with Crippen LogP contribution in [0.3, 0.4) is 0 Å². The first-order valence-corrected chi connectivity index (χ1v) is 8.54. The smallest absolute Gasteiger partial charge is 0.242 e. The van der Waals surface area contributed by atoms with E-state index in [-0.39, 0.29) is 4.90 Å². The van der Waals surface area contributed by atoms with E-state index in [1.54, 1.807) is 32.3 Å². The van der Waals surface area contributed by atoms with Gasteiger partial charge in [0.2, 0.25) is 10.0 Å². The average Bonchev–Trinajstić information content (AvgIpc) is 2.41. The maximum atomic E-state index is 12.5. The number of benzene rings is 1. The highest BCUT2D eigenvalue weighted by molar-refractivity contribution is 7.89. The highest BCUT2D eigenvalue weighted by Gasteiger charge is 2.22. The number of nitrogens with zero attached hydrogens (tertiary/aromatic N) is 1.